The van der Waals surface area contributed by atoms with Crippen LogP contribution in [0.4, 0.5) is 0 Å². The van der Waals surface area contributed by atoms with Crippen LogP contribution >= 0.6 is 0 Å². The lowest BCUT2D eigenvalue weighted by atomic mass is 10.1. The number of unbranched alkanes of at least 4 members (excludes halogenated alkanes) is 2. The van der Waals surface area contributed by atoms with Gasteiger partial charge in [-0.25, -0.2) is 0 Å². The molecule has 0 N–H and O–H groups in total. The fourth-order valence-electron chi connectivity index (χ4n) is 2.19. The minimum absolute atomic E-state index is 1.08. The van der Waals surface area contributed by atoms with Crippen LogP contribution in [-0.2, 0) is 6.54 Å². The molecular formula is C18H29N. The van der Waals surface area contributed by atoms with Gasteiger partial charge in [-0.2, -0.15) is 0 Å². The Kier molecular flexibility index (Phi) is 7.50. The maximum Gasteiger partial charge on any atom is 0.0233 e. The SMILES string of the molecule is C=C(C)c1ccc(CN(CCCC)CCCC)cc1. The van der Waals surface area contributed by atoms with Crippen LogP contribution in [0.5, 0.6) is 0 Å². The van der Waals surface area contributed by atoms with E-state index in [9.17, 15) is 0 Å². The maximum atomic E-state index is 3.99. The zero-order chi connectivity index (χ0) is 14.1. The molecule has 0 aliphatic heterocycles. The second-order valence-electron chi connectivity index (χ2n) is 5.46. The summed E-state index contributed by atoms with van der Waals surface area (Å²) in [6.45, 7) is 14.1. The Hall–Kier alpha value is -1.08. The van der Waals surface area contributed by atoms with Gasteiger partial charge in [-0.3, -0.25) is 4.90 Å². The van der Waals surface area contributed by atoms with Crippen molar-refractivity contribution in [3.8, 4) is 0 Å². The van der Waals surface area contributed by atoms with Gasteiger partial charge in [0.1, 0.15) is 0 Å². The number of hydrogen-bond donors (Lipinski definition) is 0. The van der Waals surface area contributed by atoms with Crippen molar-refractivity contribution in [3.63, 3.8) is 0 Å². The van der Waals surface area contributed by atoms with Crippen molar-refractivity contribution in [2.75, 3.05) is 13.1 Å². The van der Waals surface area contributed by atoms with Gasteiger partial charge in [0, 0.05) is 6.54 Å². The number of rotatable bonds is 9. The highest BCUT2D eigenvalue weighted by molar-refractivity contribution is 5.61. The van der Waals surface area contributed by atoms with Crippen LogP contribution in [0.3, 0.4) is 0 Å². The number of hydrogen-bond acceptors (Lipinski definition) is 1. The van der Waals surface area contributed by atoms with E-state index < -0.39 is 0 Å². The molecule has 0 bridgehead atoms. The number of allylic oxidation sites excluding steroid dienone is 1. The van der Waals surface area contributed by atoms with Crippen LogP contribution < -0.4 is 0 Å². The Morgan fingerprint density at radius 1 is 1.00 bits per heavy atom. The Balaban J connectivity index is 2.58. The molecule has 19 heavy (non-hydrogen) atoms. The van der Waals surface area contributed by atoms with E-state index in [0.717, 1.165) is 12.1 Å². The fourth-order valence-corrected chi connectivity index (χ4v) is 2.19. The molecule has 0 heterocycles. The van der Waals surface area contributed by atoms with E-state index in [1.807, 2.05) is 0 Å². The number of benzene rings is 1. The zero-order valence-electron chi connectivity index (χ0n) is 12.9. The normalized spacial score (nSPS) is 10.9. The quantitative estimate of drug-likeness (QED) is 0.595. The topological polar surface area (TPSA) is 3.24 Å². The molecule has 0 amide bonds. The van der Waals surface area contributed by atoms with Gasteiger partial charge in [0.05, 0.1) is 0 Å². The summed E-state index contributed by atoms with van der Waals surface area (Å²) in [6.07, 6.45) is 5.15. The highest BCUT2D eigenvalue weighted by Crippen LogP contribution is 2.14. The van der Waals surface area contributed by atoms with Crippen molar-refractivity contribution in [1.82, 2.24) is 4.90 Å². The summed E-state index contributed by atoms with van der Waals surface area (Å²) >= 11 is 0. The van der Waals surface area contributed by atoms with Gasteiger partial charge in [-0.1, -0.05) is 63.1 Å². The molecule has 0 saturated carbocycles. The third kappa shape index (κ3) is 6.07. The largest absolute Gasteiger partial charge is 0.299 e. The molecule has 0 aliphatic carbocycles. The average molecular weight is 259 g/mol. The molecule has 106 valence electrons. The predicted octanol–water partition coefficient (Wildman–Crippen LogP) is 5.12. The van der Waals surface area contributed by atoms with E-state index in [1.54, 1.807) is 0 Å². The average Bonchev–Trinajstić information content (AvgIpc) is 2.42. The van der Waals surface area contributed by atoms with Gasteiger partial charge in [0.2, 0.25) is 0 Å². The van der Waals surface area contributed by atoms with Crippen molar-refractivity contribution in [3.05, 3.63) is 42.0 Å². The molecular weight excluding hydrogens is 230 g/mol. The van der Waals surface area contributed by atoms with Gasteiger partial charge in [0.15, 0.2) is 0 Å². The second-order valence-corrected chi connectivity index (χ2v) is 5.46. The second kappa shape index (κ2) is 8.92. The van der Waals surface area contributed by atoms with E-state index in [4.69, 9.17) is 0 Å². The molecule has 0 radical (unpaired) electrons. The van der Waals surface area contributed by atoms with Gasteiger partial charge in [-0.05, 0) is 44.0 Å². The summed E-state index contributed by atoms with van der Waals surface area (Å²) < 4.78 is 0. The van der Waals surface area contributed by atoms with Crippen LogP contribution in [0.25, 0.3) is 5.57 Å². The van der Waals surface area contributed by atoms with E-state index in [2.05, 4.69) is 56.5 Å². The van der Waals surface area contributed by atoms with Crippen molar-refractivity contribution >= 4 is 5.57 Å². The molecule has 1 heteroatoms. The zero-order valence-corrected chi connectivity index (χ0v) is 12.9. The summed E-state index contributed by atoms with van der Waals surface area (Å²) in [5.41, 5.74) is 3.80. The Bertz CT molecular complexity index is 356. The first-order valence-electron chi connectivity index (χ1n) is 7.64. The Morgan fingerprint density at radius 2 is 1.53 bits per heavy atom. The first kappa shape index (κ1) is 16.0. The van der Waals surface area contributed by atoms with Gasteiger partial charge < -0.3 is 0 Å². The van der Waals surface area contributed by atoms with Crippen molar-refractivity contribution in [1.29, 1.82) is 0 Å². The van der Waals surface area contributed by atoms with Crippen LogP contribution in [-0.4, -0.2) is 18.0 Å². The third-order valence-electron chi connectivity index (χ3n) is 3.51. The van der Waals surface area contributed by atoms with E-state index >= 15 is 0 Å². The first-order chi connectivity index (χ1) is 9.17. The van der Waals surface area contributed by atoms with Gasteiger partial charge >= 0.3 is 0 Å². The molecule has 0 aromatic heterocycles. The van der Waals surface area contributed by atoms with Gasteiger partial charge in [0.25, 0.3) is 0 Å². The van der Waals surface area contributed by atoms with Crippen molar-refractivity contribution in [2.45, 2.75) is 53.0 Å². The summed E-state index contributed by atoms with van der Waals surface area (Å²) in [5, 5.41) is 0. The van der Waals surface area contributed by atoms with Gasteiger partial charge in [-0.15, -0.1) is 0 Å². The van der Waals surface area contributed by atoms with Crippen LogP contribution in [0.1, 0.15) is 57.6 Å². The highest BCUT2D eigenvalue weighted by atomic mass is 15.1. The molecule has 0 aliphatic rings. The minimum Gasteiger partial charge on any atom is -0.299 e. The van der Waals surface area contributed by atoms with E-state index in [0.29, 0.717) is 0 Å². The first-order valence-corrected chi connectivity index (χ1v) is 7.64. The standard InChI is InChI=1S/C18H29N/c1-5-7-13-19(14-8-6-2)15-17-9-11-18(12-10-17)16(3)4/h9-12H,3,5-8,13-15H2,1-2,4H3. The van der Waals surface area contributed by atoms with Crippen LogP contribution in [0, 0.1) is 0 Å². The Morgan fingerprint density at radius 3 is 1.95 bits per heavy atom. The summed E-state index contributed by atoms with van der Waals surface area (Å²) in [6, 6.07) is 8.87. The highest BCUT2D eigenvalue weighted by Gasteiger charge is 2.05. The lowest BCUT2D eigenvalue weighted by Gasteiger charge is -2.22. The smallest absolute Gasteiger partial charge is 0.0233 e. The third-order valence-corrected chi connectivity index (χ3v) is 3.51. The Labute approximate surface area is 119 Å². The molecule has 1 rings (SSSR count). The fraction of sp³-hybridized carbons (Fsp3) is 0.556. The minimum atomic E-state index is 1.08. The summed E-state index contributed by atoms with van der Waals surface area (Å²) in [5.74, 6) is 0. The van der Waals surface area contributed by atoms with Crippen molar-refractivity contribution in [2.24, 2.45) is 0 Å². The molecule has 0 fully saturated rings. The van der Waals surface area contributed by atoms with E-state index in [1.165, 1.54) is 49.9 Å². The molecule has 0 atom stereocenters. The number of nitrogens with zero attached hydrogens (tertiary/aromatic N) is 1. The molecule has 0 unspecified atom stereocenters. The van der Waals surface area contributed by atoms with Crippen molar-refractivity contribution < 1.29 is 0 Å². The lowest BCUT2D eigenvalue weighted by molar-refractivity contribution is 0.257. The lowest BCUT2D eigenvalue weighted by Crippen LogP contribution is -2.25. The van der Waals surface area contributed by atoms with E-state index in [-0.39, 0.29) is 0 Å². The molecule has 0 spiro atoms. The molecule has 1 aromatic carbocycles. The predicted molar refractivity (Wildman–Crippen MR) is 86.2 cm³/mol. The van der Waals surface area contributed by atoms with Crippen LogP contribution in [0.15, 0.2) is 30.8 Å². The van der Waals surface area contributed by atoms with Crippen LogP contribution in [0.2, 0.25) is 0 Å². The monoisotopic (exact) mass is 259 g/mol. The molecule has 1 nitrogen and oxygen atoms in total. The maximum absolute atomic E-state index is 3.99. The summed E-state index contributed by atoms with van der Waals surface area (Å²) in [4.78, 5) is 2.59. The summed E-state index contributed by atoms with van der Waals surface area (Å²) in [7, 11) is 0. The molecule has 1 aromatic rings. The molecule has 0 saturated heterocycles.